The lowest BCUT2D eigenvalue weighted by Crippen LogP contribution is -2.07. The van der Waals surface area contributed by atoms with Crippen LogP contribution in [0.2, 0.25) is 0 Å². The Morgan fingerprint density at radius 3 is 2.83 bits per heavy atom. The van der Waals surface area contributed by atoms with Crippen molar-refractivity contribution in [2.45, 2.75) is 20.8 Å². The normalized spacial score (nSPS) is 10.4. The van der Waals surface area contributed by atoms with Crippen LogP contribution in [-0.2, 0) is 4.74 Å². The summed E-state index contributed by atoms with van der Waals surface area (Å²) in [4.78, 5) is 16.1. The monoisotopic (exact) mass is 246 g/mol. The van der Waals surface area contributed by atoms with E-state index >= 15 is 0 Å². The molecule has 0 atom stereocenters. The van der Waals surface area contributed by atoms with E-state index in [2.05, 4.69) is 10.1 Å². The van der Waals surface area contributed by atoms with Crippen molar-refractivity contribution in [1.82, 2.24) is 10.1 Å². The van der Waals surface area contributed by atoms with E-state index in [1.807, 2.05) is 19.1 Å². The van der Waals surface area contributed by atoms with Crippen LogP contribution in [0.1, 0.15) is 28.6 Å². The van der Waals surface area contributed by atoms with Gasteiger partial charge in [0.25, 0.3) is 0 Å². The molecular weight excluding hydrogens is 232 g/mol. The van der Waals surface area contributed by atoms with Crippen LogP contribution in [0, 0.1) is 13.8 Å². The maximum Gasteiger partial charge on any atom is 0.344 e. The van der Waals surface area contributed by atoms with Gasteiger partial charge in [0.05, 0.1) is 12.3 Å². The summed E-state index contributed by atoms with van der Waals surface area (Å²) >= 11 is 0. The lowest BCUT2D eigenvalue weighted by atomic mass is 10.1. The number of esters is 1. The largest absolute Gasteiger partial charge is 0.462 e. The number of pyridine rings is 1. The smallest absolute Gasteiger partial charge is 0.344 e. The number of hydrogen-bond acceptors (Lipinski definition) is 5. The molecule has 0 aromatic carbocycles. The van der Waals surface area contributed by atoms with Crippen LogP contribution in [0.5, 0.6) is 0 Å². The van der Waals surface area contributed by atoms with Gasteiger partial charge in [-0.25, -0.2) is 4.79 Å². The Kier molecular flexibility index (Phi) is 3.41. The van der Waals surface area contributed by atoms with Crippen LogP contribution in [0.15, 0.2) is 22.9 Å². The maximum atomic E-state index is 11.9. The molecule has 2 aromatic rings. The molecule has 18 heavy (non-hydrogen) atoms. The molecule has 0 saturated carbocycles. The third-order valence-corrected chi connectivity index (χ3v) is 2.58. The number of carbonyl (C=O) groups excluding carboxylic acids is 1. The molecule has 5 nitrogen and oxygen atoms in total. The zero-order chi connectivity index (χ0) is 13.1. The van der Waals surface area contributed by atoms with Crippen LogP contribution < -0.4 is 0 Å². The first-order valence-corrected chi connectivity index (χ1v) is 5.70. The molecule has 0 N–H and O–H groups in total. The summed E-state index contributed by atoms with van der Waals surface area (Å²) < 4.78 is 10.1. The Morgan fingerprint density at radius 1 is 1.39 bits per heavy atom. The Morgan fingerprint density at radius 2 is 2.17 bits per heavy atom. The highest BCUT2D eigenvalue weighted by Gasteiger charge is 2.24. The second-order valence-electron chi connectivity index (χ2n) is 3.85. The topological polar surface area (TPSA) is 65.2 Å². The van der Waals surface area contributed by atoms with Crippen LogP contribution in [0.25, 0.3) is 11.4 Å². The summed E-state index contributed by atoms with van der Waals surface area (Å²) in [5.41, 5.74) is 2.34. The first kappa shape index (κ1) is 12.3. The maximum absolute atomic E-state index is 11.9. The van der Waals surface area contributed by atoms with Crippen molar-refractivity contribution >= 4 is 5.97 Å². The minimum atomic E-state index is -0.434. The summed E-state index contributed by atoms with van der Waals surface area (Å²) in [7, 11) is 0. The summed E-state index contributed by atoms with van der Waals surface area (Å²) in [6.07, 6.45) is 1.65. The van der Waals surface area contributed by atoms with Gasteiger partial charge in [0.1, 0.15) is 17.0 Å². The van der Waals surface area contributed by atoms with Crippen molar-refractivity contribution in [3.8, 4) is 11.4 Å². The van der Waals surface area contributed by atoms with Gasteiger partial charge >= 0.3 is 5.97 Å². The van der Waals surface area contributed by atoms with Gasteiger partial charge in [-0.1, -0.05) is 11.2 Å². The predicted octanol–water partition coefficient (Wildman–Crippen LogP) is 2.53. The van der Waals surface area contributed by atoms with E-state index in [1.165, 1.54) is 0 Å². The Hall–Kier alpha value is -2.17. The number of rotatable bonds is 3. The van der Waals surface area contributed by atoms with Crippen molar-refractivity contribution in [1.29, 1.82) is 0 Å². The Balaban J connectivity index is 2.53. The fourth-order valence-corrected chi connectivity index (χ4v) is 1.71. The molecule has 2 aromatic heterocycles. The summed E-state index contributed by atoms with van der Waals surface area (Å²) in [6.45, 7) is 5.65. The van der Waals surface area contributed by atoms with Gasteiger partial charge in [-0.2, -0.15) is 0 Å². The lowest BCUT2D eigenvalue weighted by molar-refractivity contribution is 0.0525. The fraction of sp³-hybridized carbons (Fsp3) is 0.308. The quantitative estimate of drug-likeness (QED) is 0.778. The van der Waals surface area contributed by atoms with Crippen LogP contribution in [0.3, 0.4) is 0 Å². The van der Waals surface area contributed by atoms with Crippen LogP contribution in [-0.4, -0.2) is 22.7 Å². The van der Waals surface area contributed by atoms with Crippen molar-refractivity contribution in [2.24, 2.45) is 0 Å². The van der Waals surface area contributed by atoms with Crippen LogP contribution >= 0.6 is 0 Å². The Bertz CT molecular complexity index is 575. The number of aromatic nitrogens is 2. The van der Waals surface area contributed by atoms with Crippen molar-refractivity contribution in [3.05, 3.63) is 35.2 Å². The predicted molar refractivity (Wildman–Crippen MR) is 65.2 cm³/mol. The van der Waals surface area contributed by atoms with Gasteiger partial charge in [0.15, 0.2) is 0 Å². The zero-order valence-electron chi connectivity index (χ0n) is 10.6. The summed E-state index contributed by atoms with van der Waals surface area (Å²) in [5.74, 6) is 0.00445. The lowest BCUT2D eigenvalue weighted by Gasteiger charge is -2.04. The van der Waals surface area contributed by atoms with E-state index < -0.39 is 5.97 Å². The van der Waals surface area contributed by atoms with Gasteiger partial charge in [0.2, 0.25) is 0 Å². The van der Waals surface area contributed by atoms with Crippen molar-refractivity contribution < 1.29 is 14.1 Å². The third-order valence-electron chi connectivity index (χ3n) is 2.58. The van der Waals surface area contributed by atoms with Crippen LogP contribution in [0.4, 0.5) is 0 Å². The molecule has 0 aliphatic rings. The number of carbonyl (C=O) groups is 1. The van der Waals surface area contributed by atoms with E-state index in [0.717, 1.165) is 5.56 Å². The SMILES string of the molecule is CCOC(=O)c1c(-c2ncccc2C)noc1C. The highest BCUT2D eigenvalue weighted by atomic mass is 16.5. The minimum absolute atomic E-state index is 0.310. The molecule has 2 rings (SSSR count). The Labute approximate surface area is 105 Å². The van der Waals surface area contributed by atoms with E-state index in [4.69, 9.17) is 9.26 Å². The second kappa shape index (κ2) is 5.00. The second-order valence-corrected chi connectivity index (χ2v) is 3.85. The van der Waals surface area contributed by atoms with E-state index in [0.29, 0.717) is 29.3 Å². The molecule has 0 amide bonds. The zero-order valence-corrected chi connectivity index (χ0v) is 10.6. The first-order valence-electron chi connectivity index (χ1n) is 5.70. The van der Waals surface area contributed by atoms with Gasteiger partial charge in [-0.3, -0.25) is 4.98 Å². The molecule has 0 spiro atoms. The fourth-order valence-electron chi connectivity index (χ4n) is 1.71. The molecule has 0 fully saturated rings. The molecule has 0 bridgehead atoms. The first-order chi connectivity index (χ1) is 8.65. The minimum Gasteiger partial charge on any atom is -0.462 e. The van der Waals surface area contributed by atoms with Gasteiger partial charge in [0, 0.05) is 6.20 Å². The molecular formula is C13H14N2O3. The molecule has 0 aliphatic heterocycles. The van der Waals surface area contributed by atoms with Gasteiger partial charge in [-0.15, -0.1) is 0 Å². The van der Waals surface area contributed by atoms with Gasteiger partial charge in [-0.05, 0) is 32.4 Å². The number of aryl methyl sites for hydroxylation is 2. The molecule has 0 radical (unpaired) electrons. The standard InChI is InChI=1S/C13H14N2O3/c1-4-17-13(16)10-9(3)18-15-12(10)11-8(2)6-5-7-14-11/h5-7H,4H2,1-3H3. The number of hydrogen-bond donors (Lipinski definition) is 0. The van der Waals surface area contributed by atoms with E-state index in [1.54, 1.807) is 20.0 Å². The highest BCUT2D eigenvalue weighted by Crippen LogP contribution is 2.26. The number of nitrogens with zero attached hydrogens (tertiary/aromatic N) is 2. The molecule has 0 aliphatic carbocycles. The molecule has 5 heteroatoms. The van der Waals surface area contributed by atoms with Crippen molar-refractivity contribution in [3.63, 3.8) is 0 Å². The molecule has 0 saturated heterocycles. The third kappa shape index (κ3) is 2.11. The van der Waals surface area contributed by atoms with Crippen molar-refractivity contribution in [2.75, 3.05) is 6.61 Å². The summed E-state index contributed by atoms with van der Waals surface area (Å²) in [6, 6.07) is 3.73. The number of ether oxygens (including phenoxy) is 1. The molecule has 94 valence electrons. The van der Waals surface area contributed by atoms with E-state index in [9.17, 15) is 4.79 Å². The highest BCUT2D eigenvalue weighted by molar-refractivity contribution is 5.96. The molecule has 2 heterocycles. The van der Waals surface area contributed by atoms with E-state index in [-0.39, 0.29) is 0 Å². The average molecular weight is 246 g/mol. The average Bonchev–Trinajstić information content (AvgIpc) is 2.72. The molecule has 0 unspecified atom stereocenters. The summed E-state index contributed by atoms with van der Waals surface area (Å²) in [5, 5.41) is 3.91. The van der Waals surface area contributed by atoms with Gasteiger partial charge < -0.3 is 9.26 Å².